The zero-order valence-electron chi connectivity index (χ0n) is 14.4. The molecule has 26 heavy (non-hydrogen) atoms. The lowest BCUT2D eigenvalue weighted by atomic mass is 10.1. The number of hydrogen-bond acceptors (Lipinski definition) is 7. The molecule has 3 heterocycles. The van der Waals surface area contributed by atoms with Crippen LogP contribution in [0.4, 0.5) is 5.95 Å². The van der Waals surface area contributed by atoms with Gasteiger partial charge in [-0.05, 0) is 23.8 Å². The van der Waals surface area contributed by atoms with Gasteiger partial charge >= 0.3 is 0 Å². The van der Waals surface area contributed by atoms with E-state index in [2.05, 4.69) is 20.3 Å². The molecule has 0 saturated carbocycles. The number of aromatic nitrogens is 3. The highest BCUT2D eigenvalue weighted by molar-refractivity contribution is 7.98. The summed E-state index contributed by atoms with van der Waals surface area (Å²) in [7, 11) is 1.56. The van der Waals surface area contributed by atoms with E-state index in [4.69, 9.17) is 9.15 Å². The zero-order chi connectivity index (χ0) is 18.2. The molecule has 0 atom stereocenters. The van der Waals surface area contributed by atoms with Gasteiger partial charge in [0, 0.05) is 42.7 Å². The van der Waals surface area contributed by atoms with Crippen LogP contribution in [-0.4, -0.2) is 34.4 Å². The molecule has 0 radical (unpaired) electrons. The van der Waals surface area contributed by atoms with E-state index in [0.717, 1.165) is 22.8 Å². The van der Waals surface area contributed by atoms with Crippen LogP contribution in [0.5, 0.6) is 5.88 Å². The third-order valence-corrected chi connectivity index (χ3v) is 4.62. The lowest BCUT2D eigenvalue weighted by Gasteiger charge is -2.07. The van der Waals surface area contributed by atoms with Crippen molar-refractivity contribution in [2.24, 2.45) is 0 Å². The first-order chi connectivity index (χ1) is 12.7. The summed E-state index contributed by atoms with van der Waals surface area (Å²) < 4.78 is 10.4. The number of furan rings is 1. The summed E-state index contributed by atoms with van der Waals surface area (Å²) in [4.78, 5) is 23.4. The number of hydrogen-bond donors (Lipinski definition) is 2. The second-order valence-electron chi connectivity index (χ2n) is 5.53. The molecule has 0 spiro atoms. The van der Waals surface area contributed by atoms with E-state index in [0.29, 0.717) is 30.4 Å². The van der Waals surface area contributed by atoms with Crippen molar-refractivity contribution in [2.45, 2.75) is 12.2 Å². The molecule has 0 aliphatic carbocycles. The predicted octanol–water partition coefficient (Wildman–Crippen LogP) is 2.70. The van der Waals surface area contributed by atoms with Gasteiger partial charge in [-0.25, -0.2) is 9.97 Å². The zero-order valence-corrected chi connectivity index (χ0v) is 15.2. The maximum atomic E-state index is 12.2. The van der Waals surface area contributed by atoms with Crippen LogP contribution in [0.25, 0.3) is 0 Å². The molecule has 0 saturated heterocycles. The summed E-state index contributed by atoms with van der Waals surface area (Å²) >= 11 is 1.75. The molecular formula is C18H20N4O3S. The quantitative estimate of drug-likeness (QED) is 0.558. The van der Waals surface area contributed by atoms with Crippen LogP contribution in [0.3, 0.4) is 0 Å². The number of rotatable bonds is 9. The number of nitrogens with one attached hydrogen (secondary N) is 2. The van der Waals surface area contributed by atoms with Gasteiger partial charge in [0.05, 0.1) is 19.1 Å². The first-order valence-corrected chi connectivity index (χ1v) is 9.31. The van der Waals surface area contributed by atoms with Crippen LogP contribution in [-0.2, 0) is 12.2 Å². The summed E-state index contributed by atoms with van der Waals surface area (Å²) in [6.07, 6.45) is 5.41. The van der Waals surface area contributed by atoms with Crippen molar-refractivity contribution in [1.82, 2.24) is 15.0 Å². The molecule has 0 aromatic carbocycles. The average Bonchev–Trinajstić information content (AvgIpc) is 3.17. The number of pyridine rings is 1. The molecular weight excluding hydrogens is 352 g/mol. The topological polar surface area (TPSA) is 93.0 Å². The van der Waals surface area contributed by atoms with Crippen LogP contribution < -0.4 is 15.6 Å². The van der Waals surface area contributed by atoms with Crippen LogP contribution in [0.2, 0.25) is 0 Å². The van der Waals surface area contributed by atoms with Crippen molar-refractivity contribution in [1.29, 1.82) is 0 Å². The number of aromatic amines is 1. The van der Waals surface area contributed by atoms with Crippen molar-refractivity contribution in [3.05, 3.63) is 70.2 Å². The Kier molecular flexibility index (Phi) is 6.32. The lowest BCUT2D eigenvalue weighted by molar-refractivity contribution is 0.397. The minimum atomic E-state index is -0.151. The third kappa shape index (κ3) is 5.13. The van der Waals surface area contributed by atoms with Gasteiger partial charge in [0.2, 0.25) is 11.8 Å². The highest BCUT2D eigenvalue weighted by Crippen LogP contribution is 2.13. The summed E-state index contributed by atoms with van der Waals surface area (Å²) in [5, 5.41) is 3.13. The largest absolute Gasteiger partial charge is 0.481 e. The smallest absolute Gasteiger partial charge is 0.255 e. The fourth-order valence-corrected chi connectivity index (χ4v) is 3.09. The maximum Gasteiger partial charge on any atom is 0.255 e. The Morgan fingerprint density at radius 3 is 3.04 bits per heavy atom. The van der Waals surface area contributed by atoms with Crippen molar-refractivity contribution in [3.8, 4) is 5.88 Å². The van der Waals surface area contributed by atoms with Gasteiger partial charge in [-0.15, -0.1) is 0 Å². The molecule has 0 unspecified atom stereocenters. The Hall–Kier alpha value is -2.74. The standard InChI is InChI=1S/C18H20N4O3S/c1-24-16-10-13(4-5-19-16)9-14-11-21-18(22-17(14)23)20-6-8-26-12-15-3-2-7-25-15/h2-5,7,10-11H,6,8-9,12H2,1H3,(H2,20,21,22,23). The molecule has 0 fully saturated rings. The van der Waals surface area contributed by atoms with Crippen LogP contribution in [0.15, 0.2) is 52.1 Å². The van der Waals surface area contributed by atoms with E-state index in [1.54, 1.807) is 37.5 Å². The summed E-state index contributed by atoms with van der Waals surface area (Å²) in [6.45, 7) is 0.704. The number of thioether (sulfide) groups is 1. The van der Waals surface area contributed by atoms with Crippen molar-refractivity contribution in [3.63, 3.8) is 0 Å². The van der Waals surface area contributed by atoms with E-state index >= 15 is 0 Å². The second-order valence-corrected chi connectivity index (χ2v) is 6.63. The van der Waals surface area contributed by atoms with E-state index in [9.17, 15) is 4.79 Å². The highest BCUT2D eigenvalue weighted by atomic mass is 32.2. The van der Waals surface area contributed by atoms with Crippen LogP contribution in [0, 0.1) is 0 Å². The van der Waals surface area contributed by atoms with Gasteiger partial charge in [-0.3, -0.25) is 9.78 Å². The molecule has 7 nitrogen and oxygen atoms in total. The van der Waals surface area contributed by atoms with E-state index < -0.39 is 0 Å². The minimum Gasteiger partial charge on any atom is -0.481 e. The molecule has 3 aromatic heterocycles. The molecule has 0 aliphatic rings. The number of ether oxygens (including phenoxy) is 1. The summed E-state index contributed by atoms with van der Waals surface area (Å²) in [6, 6.07) is 7.50. The molecule has 3 aromatic rings. The number of nitrogens with zero attached hydrogens (tertiary/aromatic N) is 2. The normalized spacial score (nSPS) is 10.7. The van der Waals surface area contributed by atoms with E-state index in [1.165, 1.54) is 0 Å². The van der Waals surface area contributed by atoms with Gasteiger partial charge in [-0.2, -0.15) is 11.8 Å². The van der Waals surface area contributed by atoms with Crippen LogP contribution in [0.1, 0.15) is 16.9 Å². The maximum absolute atomic E-state index is 12.2. The molecule has 0 aliphatic heterocycles. The lowest BCUT2D eigenvalue weighted by Crippen LogP contribution is -2.18. The van der Waals surface area contributed by atoms with E-state index in [-0.39, 0.29) is 5.56 Å². The SMILES string of the molecule is COc1cc(Cc2cnc(NCCSCc3ccco3)[nH]c2=O)ccn1. The van der Waals surface area contributed by atoms with Gasteiger partial charge in [0.15, 0.2) is 0 Å². The minimum absolute atomic E-state index is 0.151. The molecule has 3 rings (SSSR count). The van der Waals surface area contributed by atoms with Crippen molar-refractivity contribution < 1.29 is 9.15 Å². The van der Waals surface area contributed by atoms with Gasteiger partial charge < -0.3 is 14.5 Å². The highest BCUT2D eigenvalue weighted by Gasteiger charge is 2.05. The van der Waals surface area contributed by atoms with Gasteiger partial charge in [0.25, 0.3) is 5.56 Å². The predicted molar refractivity (Wildman–Crippen MR) is 102 cm³/mol. The van der Waals surface area contributed by atoms with E-state index in [1.807, 2.05) is 24.3 Å². The first-order valence-electron chi connectivity index (χ1n) is 8.15. The molecule has 0 bridgehead atoms. The fourth-order valence-electron chi connectivity index (χ4n) is 2.34. The van der Waals surface area contributed by atoms with Crippen LogP contribution >= 0.6 is 11.8 Å². The monoisotopic (exact) mass is 372 g/mol. The number of methoxy groups -OCH3 is 1. The number of anilines is 1. The number of H-pyrrole nitrogens is 1. The van der Waals surface area contributed by atoms with Crippen molar-refractivity contribution in [2.75, 3.05) is 24.7 Å². The Balaban J connectivity index is 1.49. The molecule has 0 amide bonds. The Bertz CT molecular complexity index is 880. The van der Waals surface area contributed by atoms with Gasteiger partial charge in [-0.1, -0.05) is 0 Å². The molecule has 2 N–H and O–H groups in total. The molecule has 136 valence electrons. The second kappa shape index (κ2) is 9.10. The summed E-state index contributed by atoms with van der Waals surface area (Å²) in [5.41, 5.74) is 1.39. The van der Waals surface area contributed by atoms with Crippen molar-refractivity contribution >= 4 is 17.7 Å². The Morgan fingerprint density at radius 1 is 1.35 bits per heavy atom. The Morgan fingerprint density at radius 2 is 2.27 bits per heavy atom. The fraction of sp³-hybridized carbons (Fsp3) is 0.278. The third-order valence-electron chi connectivity index (χ3n) is 3.64. The average molecular weight is 372 g/mol. The summed E-state index contributed by atoms with van der Waals surface area (Å²) in [5.74, 6) is 3.66. The Labute approximate surface area is 155 Å². The van der Waals surface area contributed by atoms with Gasteiger partial charge in [0.1, 0.15) is 5.76 Å². The molecule has 8 heteroatoms. The first kappa shape index (κ1) is 18.1.